The van der Waals surface area contributed by atoms with Gasteiger partial charge in [0.1, 0.15) is 0 Å². The summed E-state index contributed by atoms with van der Waals surface area (Å²) in [6.07, 6.45) is -6.47. The highest BCUT2D eigenvalue weighted by atomic mass is 19.4. The first kappa shape index (κ1) is 27.9. The van der Waals surface area contributed by atoms with Crippen molar-refractivity contribution in [1.82, 2.24) is 14.9 Å². The van der Waals surface area contributed by atoms with Gasteiger partial charge in [-0.1, -0.05) is 26.0 Å². The van der Waals surface area contributed by atoms with Gasteiger partial charge in [0.25, 0.3) is 0 Å². The summed E-state index contributed by atoms with van der Waals surface area (Å²) in [6.45, 7) is 4.31. The van der Waals surface area contributed by atoms with Gasteiger partial charge >= 0.3 is 12.4 Å². The molecule has 11 heteroatoms. The highest BCUT2D eigenvalue weighted by Gasteiger charge is 2.39. The lowest BCUT2D eigenvalue weighted by molar-refractivity contribution is -0.307. The summed E-state index contributed by atoms with van der Waals surface area (Å²) in [5.41, 5.74) is -0.110. The molecule has 1 aliphatic heterocycles. The van der Waals surface area contributed by atoms with Crippen LogP contribution in [-0.2, 0) is 17.1 Å². The maximum atomic E-state index is 13.3. The Morgan fingerprint density at radius 2 is 1.72 bits per heavy atom. The van der Waals surface area contributed by atoms with Gasteiger partial charge in [0.2, 0.25) is 5.82 Å². The summed E-state index contributed by atoms with van der Waals surface area (Å²) >= 11 is 0. The molecule has 1 aromatic carbocycles. The molecular weight excluding hydrogens is 488 g/mol. The molecule has 0 radical (unpaired) electrons. The first-order valence-corrected chi connectivity index (χ1v) is 11.8. The van der Waals surface area contributed by atoms with Crippen molar-refractivity contribution in [3.8, 4) is 0 Å². The van der Waals surface area contributed by atoms with E-state index in [0.29, 0.717) is 37.8 Å². The number of carbonyl (C=O) groups excluding carboxylic acids is 1. The van der Waals surface area contributed by atoms with Gasteiger partial charge in [0.15, 0.2) is 0 Å². The number of rotatable bonds is 8. The van der Waals surface area contributed by atoms with E-state index in [1.165, 1.54) is 18.2 Å². The van der Waals surface area contributed by atoms with Crippen molar-refractivity contribution in [1.29, 1.82) is 0 Å². The lowest BCUT2D eigenvalue weighted by Gasteiger charge is -2.44. The average molecular weight is 517 g/mol. The maximum absolute atomic E-state index is 13.3. The maximum Gasteiger partial charge on any atom is 0.451 e. The molecule has 3 rings (SSSR count). The van der Waals surface area contributed by atoms with Crippen LogP contribution in [0.2, 0.25) is 0 Å². The first-order chi connectivity index (χ1) is 16.8. The van der Waals surface area contributed by atoms with Crippen molar-refractivity contribution in [2.45, 2.75) is 70.4 Å². The molecule has 1 aliphatic rings. The Bertz CT molecular complexity index is 1020. The van der Waals surface area contributed by atoms with E-state index in [1.54, 1.807) is 0 Å². The molecule has 0 amide bonds. The fourth-order valence-electron chi connectivity index (χ4n) is 4.74. The van der Waals surface area contributed by atoms with Crippen LogP contribution in [-0.4, -0.2) is 27.4 Å². The van der Waals surface area contributed by atoms with Crippen molar-refractivity contribution in [3.63, 3.8) is 0 Å². The van der Waals surface area contributed by atoms with E-state index < -0.39 is 41.8 Å². The van der Waals surface area contributed by atoms with Crippen molar-refractivity contribution < 1.29 is 36.2 Å². The zero-order chi connectivity index (χ0) is 26.7. The van der Waals surface area contributed by atoms with Crippen molar-refractivity contribution in [2.75, 3.05) is 6.54 Å². The lowest BCUT2D eigenvalue weighted by Crippen LogP contribution is -2.41. The minimum absolute atomic E-state index is 0.174. The highest BCUT2D eigenvalue weighted by molar-refractivity contribution is 5.64. The fraction of sp³-hybridized carbons (Fsp3) is 0.560. The number of nitrogens with zero attached hydrogens (tertiary/aromatic N) is 3. The van der Waals surface area contributed by atoms with Crippen molar-refractivity contribution >= 4 is 5.97 Å². The SMILES string of the molecule is CC(C)CC[C@H](c1ccnc(C(F)(F)F)n1)N1CC[C@@H](CC(=O)[O-])C[C@H]1c1ccc(C(F)(F)F)cc1. The van der Waals surface area contributed by atoms with Gasteiger partial charge in [-0.05, 0) is 74.2 Å². The Labute approximate surface area is 205 Å². The summed E-state index contributed by atoms with van der Waals surface area (Å²) in [7, 11) is 0. The van der Waals surface area contributed by atoms with Gasteiger partial charge in [-0.15, -0.1) is 0 Å². The molecule has 0 unspecified atom stereocenters. The van der Waals surface area contributed by atoms with Gasteiger partial charge in [0.05, 0.1) is 17.3 Å². The molecule has 1 fully saturated rings. The first-order valence-electron chi connectivity index (χ1n) is 11.8. The van der Waals surface area contributed by atoms with Gasteiger partial charge < -0.3 is 9.90 Å². The van der Waals surface area contributed by atoms with Crippen LogP contribution >= 0.6 is 0 Å². The molecule has 3 atom stereocenters. The average Bonchev–Trinajstić information content (AvgIpc) is 2.78. The number of carbonyl (C=O) groups is 1. The second kappa shape index (κ2) is 11.1. The van der Waals surface area contributed by atoms with E-state index in [-0.39, 0.29) is 24.0 Å². The predicted octanol–water partition coefficient (Wildman–Crippen LogP) is 5.58. The number of likely N-dealkylation sites (tertiary alicyclic amines) is 1. The van der Waals surface area contributed by atoms with Crippen LogP contribution in [0, 0.1) is 11.8 Å². The van der Waals surface area contributed by atoms with Crippen LogP contribution in [0.4, 0.5) is 26.3 Å². The molecule has 1 saturated heterocycles. The molecule has 36 heavy (non-hydrogen) atoms. The van der Waals surface area contributed by atoms with Gasteiger partial charge in [-0.2, -0.15) is 26.3 Å². The van der Waals surface area contributed by atoms with Gasteiger partial charge in [-0.25, -0.2) is 9.97 Å². The van der Waals surface area contributed by atoms with E-state index >= 15 is 0 Å². The minimum atomic E-state index is -4.73. The van der Waals surface area contributed by atoms with Crippen molar-refractivity contribution in [2.24, 2.45) is 11.8 Å². The molecule has 0 bridgehead atoms. The summed E-state index contributed by atoms with van der Waals surface area (Å²) in [5.74, 6) is -2.51. The molecule has 5 nitrogen and oxygen atoms in total. The van der Waals surface area contributed by atoms with Crippen LogP contribution in [0.25, 0.3) is 0 Å². The number of halogens is 6. The zero-order valence-corrected chi connectivity index (χ0v) is 19.9. The number of alkyl halides is 6. The third kappa shape index (κ3) is 7.18. The smallest absolute Gasteiger partial charge is 0.451 e. The largest absolute Gasteiger partial charge is 0.550 e. The molecular formula is C25H28F6N3O2-. The van der Waals surface area contributed by atoms with Crippen LogP contribution in [0.3, 0.4) is 0 Å². The van der Waals surface area contributed by atoms with Gasteiger partial charge in [0, 0.05) is 18.2 Å². The number of piperidine rings is 1. The predicted molar refractivity (Wildman–Crippen MR) is 117 cm³/mol. The number of hydrogen-bond donors (Lipinski definition) is 0. The second-order valence-corrected chi connectivity index (χ2v) is 9.63. The van der Waals surface area contributed by atoms with Crippen LogP contribution in [0.5, 0.6) is 0 Å². The van der Waals surface area contributed by atoms with E-state index in [2.05, 4.69) is 9.97 Å². The van der Waals surface area contributed by atoms with E-state index in [1.807, 2.05) is 18.7 Å². The Hall–Kier alpha value is -2.69. The molecule has 0 N–H and O–H groups in total. The van der Waals surface area contributed by atoms with Gasteiger partial charge in [-0.3, -0.25) is 4.90 Å². The number of carboxylic acid groups (broad SMARTS) is 1. The number of benzene rings is 1. The summed E-state index contributed by atoms with van der Waals surface area (Å²) in [6, 6.07) is 4.98. The highest BCUT2D eigenvalue weighted by Crippen LogP contribution is 2.43. The summed E-state index contributed by atoms with van der Waals surface area (Å²) < 4.78 is 79.4. The Kier molecular flexibility index (Phi) is 8.63. The zero-order valence-electron chi connectivity index (χ0n) is 19.9. The van der Waals surface area contributed by atoms with E-state index in [9.17, 15) is 36.2 Å². The lowest BCUT2D eigenvalue weighted by atomic mass is 9.83. The molecule has 198 valence electrons. The number of aliphatic carboxylic acids is 1. The second-order valence-electron chi connectivity index (χ2n) is 9.63. The molecule has 0 aliphatic carbocycles. The Balaban J connectivity index is 2.03. The summed E-state index contributed by atoms with van der Waals surface area (Å²) in [5, 5.41) is 11.2. The standard InChI is InChI=1S/C25H29F6N3O2/c1-15(2)3-8-20(19-9-11-32-23(33-19)25(29,30)31)34-12-10-16(14-22(35)36)13-21(34)17-4-6-18(7-5-17)24(26,27)28/h4-7,9,11,15-16,20-21H,3,8,10,12-14H2,1-2H3,(H,35,36)/p-1/t16-,20-,21+/m1/s1. The van der Waals surface area contributed by atoms with Crippen LogP contribution in [0.15, 0.2) is 36.5 Å². The quantitative estimate of drug-likeness (QED) is 0.428. The third-order valence-corrected chi connectivity index (χ3v) is 6.52. The Morgan fingerprint density at radius 1 is 1.06 bits per heavy atom. The third-order valence-electron chi connectivity index (χ3n) is 6.52. The number of hydrogen-bond acceptors (Lipinski definition) is 5. The fourth-order valence-corrected chi connectivity index (χ4v) is 4.74. The molecule has 2 heterocycles. The summed E-state index contributed by atoms with van der Waals surface area (Å²) in [4.78, 5) is 20.3. The van der Waals surface area contributed by atoms with Crippen LogP contribution < -0.4 is 5.11 Å². The topological polar surface area (TPSA) is 69.2 Å². The monoisotopic (exact) mass is 516 g/mol. The minimum Gasteiger partial charge on any atom is -0.550 e. The normalized spacial score (nSPS) is 20.5. The van der Waals surface area contributed by atoms with E-state index in [0.717, 1.165) is 18.3 Å². The molecule has 0 saturated carbocycles. The van der Waals surface area contributed by atoms with Crippen molar-refractivity contribution in [3.05, 3.63) is 59.2 Å². The Morgan fingerprint density at radius 3 is 2.28 bits per heavy atom. The molecule has 1 aromatic heterocycles. The molecule has 0 spiro atoms. The van der Waals surface area contributed by atoms with Crippen LogP contribution in [0.1, 0.15) is 80.7 Å². The molecule has 2 aromatic rings. The van der Waals surface area contributed by atoms with E-state index in [4.69, 9.17) is 0 Å². The number of carboxylic acids is 1. The number of aromatic nitrogens is 2.